The van der Waals surface area contributed by atoms with Crippen molar-refractivity contribution in [3.05, 3.63) is 24.4 Å². The molecule has 0 amide bonds. The molecule has 1 saturated heterocycles. The number of unbranched alkanes of at least 4 members (excludes halogenated alkanes) is 1. The molecular formula is C14H23N3O. The van der Waals surface area contributed by atoms with Crippen LogP contribution in [0, 0.1) is 0 Å². The van der Waals surface area contributed by atoms with Crippen LogP contribution >= 0.6 is 0 Å². The first-order chi connectivity index (χ1) is 8.84. The zero-order valence-corrected chi connectivity index (χ0v) is 11.2. The summed E-state index contributed by atoms with van der Waals surface area (Å²) in [4.78, 5) is 9.07. The minimum absolute atomic E-state index is 0.733. The fraction of sp³-hybridized carbons (Fsp3) is 0.643. The summed E-state index contributed by atoms with van der Waals surface area (Å²) < 4.78 is 5.57. The first-order valence-electron chi connectivity index (χ1n) is 6.79. The van der Waals surface area contributed by atoms with Crippen molar-refractivity contribution in [2.24, 2.45) is 0 Å². The van der Waals surface area contributed by atoms with Gasteiger partial charge in [0, 0.05) is 38.4 Å². The zero-order chi connectivity index (χ0) is 12.6. The van der Waals surface area contributed by atoms with E-state index in [1.807, 2.05) is 18.2 Å². The maximum absolute atomic E-state index is 5.57. The summed E-state index contributed by atoms with van der Waals surface area (Å²) in [6, 6.07) is 5.76. The predicted molar refractivity (Wildman–Crippen MR) is 72.9 cm³/mol. The van der Waals surface area contributed by atoms with Gasteiger partial charge in [0.05, 0.1) is 6.61 Å². The van der Waals surface area contributed by atoms with Crippen molar-refractivity contribution < 1.29 is 4.74 Å². The van der Waals surface area contributed by atoms with Crippen molar-refractivity contribution in [1.29, 1.82) is 0 Å². The molecule has 1 aliphatic heterocycles. The first-order valence-corrected chi connectivity index (χ1v) is 6.79. The maximum atomic E-state index is 5.57. The van der Waals surface area contributed by atoms with Crippen LogP contribution in [0.5, 0.6) is 5.88 Å². The van der Waals surface area contributed by atoms with E-state index < -0.39 is 0 Å². The topological polar surface area (TPSA) is 28.6 Å². The van der Waals surface area contributed by atoms with E-state index in [-0.39, 0.29) is 0 Å². The highest BCUT2D eigenvalue weighted by Crippen LogP contribution is 2.05. The number of hydrogen-bond acceptors (Lipinski definition) is 4. The van der Waals surface area contributed by atoms with Crippen molar-refractivity contribution in [2.45, 2.75) is 12.8 Å². The lowest BCUT2D eigenvalue weighted by Crippen LogP contribution is -2.44. The van der Waals surface area contributed by atoms with Gasteiger partial charge >= 0.3 is 0 Å². The standard InChI is InChI=1S/C14H23N3O/c1-16-9-11-17(12-10-16)8-4-5-13-18-14-6-2-3-7-15-14/h2-3,6-7H,4-5,8-13H2,1H3. The van der Waals surface area contributed by atoms with Gasteiger partial charge in [0.1, 0.15) is 0 Å². The molecule has 2 heterocycles. The lowest BCUT2D eigenvalue weighted by molar-refractivity contribution is 0.149. The summed E-state index contributed by atoms with van der Waals surface area (Å²) in [5.74, 6) is 0.733. The molecule has 0 spiro atoms. The average Bonchev–Trinajstić information content (AvgIpc) is 2.42. The Kier molecular flexibility index (Phi) is 5.42. The van der Waals surface area contributed by atoms with E-state index in [0.29, 0.717) is 0 Å². The molecule has 0 bridgehead atoms. The number of nitrogens with zero attached hydrogens (tertiary/aromatic N) is 3. The van der Waals surface area contributed by atoms with Crippen LogP contribution in [-0.4, -0.2) is 61.2 Å². The minimum atomic E-state index is 0.733. The average molecular weight is 249 g/mol. The number of ether oxygens (including phenoxy) is 1. The second-order valence-electron chi connectivity index (χ2n) is 4.87. The van der Waals surface area contributed by atoms with Crippen LogP contribution in [0.4, 0.5) is 0 Å². The van der Waals surface area contributed by atoms with Crippen molar-refractivity contribution in [1.82, 2.24) is 14.8 Å². The van der Waals surface area contributed by atoms with Crippen molar-refractivity contribution in [2.75, 3.05) is 46.4 Å². The van der Waals surface area contributed by atoms with E-state index in [1.54, 1.807) is 6.20 Å². The highest BCUT2D eigenvalue weighted by atomic mass is 16.5. The Labute approximate surface area is 110 Å². The summed E-state index contributed by atoms with van der Waals surface area (Å²) in [6.07, 6.45) is 4.07. The summed E-state index contributed by atoms with van der Waals surface area (Å²) >= 11 is 0. The highest BCUT2D eigenvalue weighted by molar-refractivity contribution is 5.08. The third-order valence-electron chi connectivity index (χ3n) is 3.35. The molecule has 0 radical (unpaired) electrons. The SMILES string of the molecule is CN1CCN(CCCCOc2ccccn2)CC1. The molecule has 4 heteroatoms. The molecule has 1 fully saturated rings. The van der Waals surface area contributed by atoms with E-state index in [2.05, 4.69) is 21.8 Å². The van der Waals surface area contributed by atoms with E-state index in [1.165, 1.54) is 39.1 Å². The third-order valence-corrected chi connectivity index (χ3v) is 3.35. The van der Waals surface area contributed by atoms with Gasteiger partial charge in [0.15, 0.2) is 0 Å². The number of piperazine rings is 1. The summed E-state index contributed by atoms with van der Waals surface area (Å²) in [6.45, 7) is 6.77. The van der Waals surface area contributed by atoms with E-state index >= 15 is 0 Å². The van der Waals surface area contributed by atoms with Gasteiger partial charge < -0.3 is 14.5 Å². The number of pyridine rings is 1. The van der Waals surface area contributed by atoms with Crippen LogP contribution in [0.2, 0.25) is 0 Å². The van der Waals surface area contributed by atoms with Gasteiger partial charge in [0.2, 0.25) is 5.88 Å². The van der Waals surface area contributed by atoms with Gasteiger partial charge in [-0.3, -0.25) is 0 Å². The van der Waals surface area contributed by atoms with Crippen molar-refractivity contribution in [3.8, 4) is 5.88 Å². The molecule has 2 rings (SSSR count). The number of rotatable bonds is 6. The van der Waals surface area contributed by atoms with Crippen LogP contribution in [0.25, 0.3) is 0 Å². The van der Waals surface area contributed by atoms with Crippen LogP contribution < -0.4 is 4.74 Å². The molecule has 4 nitrogen and oxygen atoms in total. The van der Waals surface area contributed by atoms with E-state index in [9.17, 15) is 0 Å². The van der Waals surface area contributed by atoms with Crippen LogP contribution in [-0.2, 0) is 0 Å². The maximum Gasteiger partial charge on any atom is 0.213 e. The van der Waals surface area contributed by atoms with E-state index in [0.717, 1.165) is 18.9 Å². The molecule has 0 unspecified atom stereocenters. The molecule has 18 heavy (non-hydrogen) atoms. The summed E-state index contributed by atoms with van der Waals surface area (Å²) in [5.41, 5.74) is 0. The Hall–Kier alpha value is -1.13. The molecule has 1 aromatic rings. The molecule has 1 aliphatic rings. The lowest BCUT2D eigenvalue weighted by atomic mass is 10.2. The highest BCUT2D eigenvalue weighted by Gasteiger charge is 2.12. The summed E-state index contributed by atoms with van der Waals surface area (Å²) in [5, 5.41) is 0. The van der Waals surface area contributed by atoms with Crippen LogP contribution in [0.15, 0.2) is 24.4 Å². The Morgan fingerprint density at radius 2 is 2.00 bits per heavy atom. The molecule has 100 valence electrons. The Bertz CT molecular complexity index is 323. The van der Waals surface area contributed by atoms with Gasteiger partial charge in [-0.25, -0.2) is 4.98 Å². The lowest BCUT2D eigenvalue weighted by Gasteiger charge is -2.32. The van der Waals surface area contributed by atoms with Crippen molar-refractivity contribution >= 4 is 0 Å². The minimum Gasteiger partial charge on any atom is -0.478 e. The van der Waals surface area contributed by atoms with Gasteiger partial charge in [-0.2, -0.15) is 0 Å². The molecule has 0 aliphatic carbocycles. The Morgan fingerprint density at radius 3 is 2.72 bits per heavy atom. The third kappa shape index (κ3) is 4.63. The smallest absolute Gasteiger partial charge is 0.213 e. The number of aromatic nitrogens is 1. The quantitative estimate of drug-likeness (QED) is 0.714. The van der Waals surface area contributed by atoms with Gasteiger partial charge in [0.25, 0.3) is 0 Å². The Morgan fingerprint density at radius 1 is 1.17 bits per heavy atom. The monoisotopic (exact) mass is 249 g/mol. The number of hydrogen-bond donors (Lipinski definition) is 0. The van der Waals surface area contributed by atoms with Crippen LogP contribution in [0.1, 0.15) is 12.8 Å². The number of likely N-dealkylation sites (N-methyl/N-ethyl adjacent to an activating group) is 1. The summed E-state index contributed by atoms with van der Waals surface area (Å²) in [7, 11) is 2.19. The van der Waals surface area contributed by atoms with Crippen molar-refractivity contribution in [3.63, 3.8) is 0 Å². The second kappa shape index (κ2) is 7.34. The molecule has 0 N–H and O–H groups in total. The second-order valence-corrected chi connectivity index (χ2v) is 4.87. The van der Waals surface area contributed by atoms with Gasteiger partial charge in [-0.1, -0.05) is 6.07 Å². The molecule has 0 saturated carbocycles. The van der Waals surface area contributed by atoms with Crippen LogP contribution in [0.3, 0.4) is 0 Å². The molecule has 0 aromatic carbocycles. The molecule has 1 aromatic heterocycles. The Balaban J connectivity index is 1.51. The largest absolute Gasteiger partial charge is 0.478 e. The first kappa shape index (κ1) is 13.3. The van der Waals surface area contributed by atoms with Gasteiger partial charge in [-0.05, 0) is 32.5 Å². The molecule has 0 atom stereocenters. The normalized spacial score (nSPS) is 17.8. The van der Waals surface area contributed by atoms with E-state index in [4.69, 9.17) is 4.74 Å². The molecular weight excluding hydrogens is 226 g/mol. The fourth-order valence-corrected chi connectivity index (χ4v) is 2.12. The fourth-order valence-electron chi connectivity index (χ4n) is 2.12. The zero-order valence-electron chi connectivity index (χ0n) is 11.2. The predicted octanol–water partition coefficient (Wildman–Crippen LogP) is 1.49. The van der Waals surface area contributed by atoms with Gasteiger partial charge in [-0.15, -0.1) is 0 Å².